The third-order valence-corrected chi connectivity index (χ3v) is 4.51. The second-order valence-corrected chi connectivity index (χ2v) is 6.23. The lowest BCUT2D eigenvalue weighted by Gasteiger charge is -2.34. The van der Waals surface area contributed by atoms with E-state index in [9.17, 15) is 9.18 Å². The zero-order valence-electron chi connectivity index (χ0n) is 13.0. The summed E-state index contributed by atoms with van der Waals surface area (Å²) in [5.41, 5.74) is 1.73. The second kappa shape index (κ2) is 6.65. The van der Waals surface area contributed by atoms with E-state index in [2.05, 4.69) is 10.2 Å². The van der Waals surface area contributed by atoms with E-state index >= 15 is 0 Å². The second-order valence-electron chi connectivity index (χ2n) is 6.23. The first-order valence-corrected chi connectivity index (χ1v) is 8.06. The number of benzene rings is 1. The first kappa shape index (κ1) is 15.3. The van der Waals surface area contributed by atoms with Gasteiger partial charge in [-0.25, -0.2) is 4.39 Å². The molecule has 3 rings (SSSR count). The van der Waals surface area contributed by atoms with E-state index in [0.717, 1.165) is 44.3 Å². The molecule has 0 spiro atoms. The minimum absolute atomic E-state index is 0.0117. The number of amides is 1. The van der Waals surface area contributed by atoms with Crippen molar-refractivity contribution in [2.45, 2.75) is 44.8 Å². The van der Waals surface area contributed by atoms with Gasteiger partial charge in [0, 0.05) is 25.7 Å². The molecule has 4 nitrogen and oxygen atoms in total. The Labute approximate surface area is 130 Å². The summed E-state index contributed by atoms with van der Waals surface area (Å²) in [6.45, 7) is 4.17. The number of anilines is 1. The molecule has 1 aromatic carbocycles. The van der Waals surface area contributed by atoms with Gasteiger partial charge in [0.25, 0.3) is 0 Å². The Morgan fingerprint density at radius 2 is 2.09 bits per heavy atom. The van der Waals surface area contributed by atoms with Crippen molar-refractivity contribution in [2.75, 3.05) is 24.6 Å². The van der Waals surface area contributed by atoms with Gasteiger partial charge in [0.15, 0.2) is 0 Å². The summed E-state index contributed by atoms with van der Waals surface area (Å²) >= 11 is 0. The molecule has 0 bridgehead atoms. The standard InChI is InChI=1S/C17H23FN2O2/c1-12-4-5-14(18)15(11-12)20-8-6-13(7-9-20)19-17(21)16-3-2-10-22-16/h4-5,11,13,16H,2-3,6-10H2,1H3,(H,19,21)/t16-/m0/s1. The van der Waals surface area contributed by atoms with Crippen LogP contribution in [0.25, 0.3) is 0 Å². The maximum atomic E-state index is 13.9. The van der Waals surface area contributed by atoms with Crippen LogP contribution in [0.1, 0.15) is 31.2 Å². The molecule has 1 aromatic rings. The van der Waals surface area contributed by atoms with E-state index in [4.69, 9.17) is 4.74 Å². The smallest absolute Gasteiger partial charge is 0.249 e. The third kappa shape index (κ3) is 3.40. The number of nitrogens with zero attached hydrogens (tertiary/aromatic N) is 1. The summed E-state index contributed by atoms with van der Waals surface area (Å²) in [6.07, 6.45) is 3.19. The number of halogens is 1. The molecule has 2 aliphatic rings. The highest BCUT2D eigenvalue weighted by molar-refractivity contribution is 5.81. The Hall–Kier alpha value is -1.62. The van der Waals surface area contributed by atoms with Crippen molar-refractivity contribution in [2.24, 2.45) is 0 Å². The molecule has 2 aliphatic heterocycles. The monoisotopic (exact) mass is 306 g/mol. The lowest BCUT2D eigenvalue weighted by atomic mass is 10.0. The molecule has 2 fully saturated rings. The van der Waals surface area contributed by atoms with Crippen LogP contribution in [0.3, 0.4) is 0 Å². The van der Waals surface area contributed by atoms with Crippen LogP contribution in [0.4, 0.5) is 10.1 Å². The average molecular weight is 306 g/mol. The number of ether oxygens (including phenoxy) is 1. The van der Waals surface area contributed by atoms with E-state index in [1.54, 1.807) is 6.07 Å². The number of hydrogen-bond acceptors (Lipinski definition) is 3. The van der Waals surface area contributed by atoms with Gasteiger partial charge in [-0.3, -0.25) is 4.79 Å². The predicted octanol–water partition coefficient (Wildman–Crippen LogP) is 2.40. The summed E-state index contributed by atoms with van der Waals surface area (Å²) in [6, 6.07) is 5.37. The van der Waals surface area contributed by atoms with Crippen molar-refractivity contribution in [3.8, 4) is 0 Å². The van der Waals surface area contributed by atoms with E-state index < -0.39 is 0 Å². The molecular weight excluding hydrogens is 283 g/mol. The molecule has 0 radical (unpaired) electrons. The van der Waals surface area contributed by atoms with Gasteiger partial charge in [0.05, 0.1) is 5.69 Å². The van der Waals surface area contributed by atoms with Crippen molar-refractivity contribution >= 4 is 11.6 Å². The van der Waals surface area contributed by atoms with Gasteiger partial charge >= 0.3 is 0 Å². The molecule has 120 valence electrons. The van der Waals surface area contributed by atoms with Gasteiger partial charge in [-0.15, -0.1) is 0 Å². The van der Waals surface area contributed by atoms with E-state index in [1.807, 2.05) is 13.0 Å². The van der Waals surface area contributed by atoms with E-state index in [1.165, 1.54) is 6.07 Å². The van der Waals surface area contributed by atoms with Gasteiger partial charge in [0.2, 0.25) is 5.91 Å². The Bertz CT molecular complexity index is 535. The van der Waals surface area contributed by atoms with Crippen LogP contribution in [0.2, 0.25) is 0 Å². The quantitative estimate of drug-likeness (QED) is 0.932. The predicted molar refractivity (Wildman–Crippen MR) is 83.5 cm³/mol. The largest absolute Gasteiger partial charge is 0.369 e. The molecule has 2 saturated heterocycles. The van der Waals surface area contributed by atoms with Crippen LogP contribution < -0.4 is 10.2 Å². The minimum Gasteiger partial charge on any atom is -0.369 e. The maximum absolute atomic E-state index is 13.9. The molecule has 5 heteroatoms. The molecule has 22 heavy (non-hydrogen) atoms. The summed E-state index contributed by atoms with van der Waals surface area (Å²) < 4.78 is 19.3. The molecule has 0 aromatic heterocycles. The van der Waals surface area contributed by atoms with Crippen LogP contribution in [0, 0.1) is 12.7 Å². The number of carbonyl (C=O) groups excluding carboxylic acids is 1. The van der Waals surface area contributed by atoms with Crippen molar-refractivity contribution in [3.63, 3.8) is 0 Å². The number of hydrogen-bond donors (Lipinski definition) is 1. The number of rotatable bonds is 3. The van der Waals surface area contributed by atoms with Gasteiger partial charge in [0.1, 0.15) is 11.9 Å². The van der Waals surface area contributed by atoms with Gasteiger partial charge in [-0.1, -0.05) is 6.07 Å². The molecular formula is C17H23FN2O2. The molecule has 0 aliphatic carbocycles. The number of nitrogens with one attached hydrogen (secondary N) is 1. The SMILES string of the molecule is Cc1ccc(F)c(N2CCC(NC(=O)[C@@H]3CCCO3)CC2)c1. The molecule has 1 amide bonds. The highest BCUT2D eigenvalue weighted by Gasteiger charge is 2.27. The van der Waals surface area contributed by atoms with Crippen molar-refractivity contribution < 1.29 is 13.9 Å². The molecule has 0 unspecified atom stereocenters. The van der Waals surface area contributed by atoms with Crippen LogP contribution in [0.5, 0.6) is 0 Å². The minimum atomic E-state index is -0.271. The Morgan fingerprint density at radius 3 is 2.77 bits per heavy atom. The first-order chi connectivity index (χ1) is 10.6. The van der Waals surface area contributed by atoms with Crippen molar-refractivity contribution in [1.29, 1.82) is 0 Å². The lowest BCUT2D eigenvalue weighted by Crippen LogP contribution is -2.47. The number of carbonyl (C=O) groups is 1. The van der Waals surface area contributed by atoms with E-state index in [-0.39, 0.29) is 23.9 Å². The fourth-order valence-corrected chi connectivity index (χ4v) is 3.21. The summed E-state index contributed by atoms with van der Waals surface area (Å²) in [5.74, 6) is -0.162. The van der Waals surface area contributed by atoms with Crippen LogP contribution in [0.15, 0.2) is 18.2 Å². The molecule has 1 N–H and O–H groups in total. The van der Waals surface area contributed by atoms with E-state index in [0.29, 0.717) is 12.3 Å². The summed E-state index contributed by atoms with van der Waals surface area (Å²) in [7, 11) is 0. The third-order valence-electron chi connectivity index (χ3n) is 4.51. The fourth-order valence-electron chi connectivity index (χ4n) is 3.21. The maximum Gasteiger partial charge on any atom is 0.249 e. The Kier molecular flexibility index (Phi) is 4.62. The summed E-state index contributed by atoms with van der Waals surface area (Å²) in [4.78, 5) is 14.1. The van der Waals surface area contributed by atoms with Gasteiger partial charge in [-0.2, -0.15) is 0 Å². The van der Waals surface area contributed by atoms with Crippen LogP contribution in [-0.4, -0.2) is 37.7 Å². The fraction of sp³-hybridized carbons (Fsp3) is 0.588. The first-order valence-electron chi connectivity index (χ1n) is 8.06. The van der Waals surface area contributed by atoms with Crippen molar-refractivity contribution in [3.05, 3.63) is 29.6 Å². The summed E-state index contributed by atoms with van der Waals surface area (Å²) in [5, 5.41) is 3.07. The topological polar surface area (TPSA) is 41.6 Å². The Morgan fingerprint density at radius 1 is 1.32 bits per heavy atom. The van der Waals surface area contributed by atoms with Crippen LogP contribution >= 0.6 is 0 Å². The normalized spacial score (nSPS) is 22.8. The molecule has 1 atom stereocenters. The molecule has 2 heterocycles. The zero-order chi connectivity index (χ0) is 15.5. The van der Waals surface area contributed by atoms with Crippen molar-refractivity contribution in [1.82, 2.24) is 5.32 Å². The average Bonchev–Trinajstić information content (AvgIpc) is 3.05. The number of piperidine rings is 1. The van der Waals surface area contributed by atoms with Crippen LogP contribution in [-0.2, 0) is 9.53 Å². The highest BCUT2D eigenvalue weighted by atomic mass is 19.1. The Balaban J connectivity index is 1.53. The number of aryl methyl sites for hydroxylation is 1. The van der Waals surface area contributed by atoms with Gasteiger partial charge in [-0.05, 0) is 50.3 Å². The highest BCUT2D eigenvalue weighted by Crippen LogP contribution is 2.24. The molecule has 0 saturated carbocycles. The van der Waals surface area contributed by atoms with Gasteiger partial charge < -0.3 is 15.0 Å². The lowest BCUT2D eigenvalue weighted by molar-refractivity contribution is -0.130. The zero-order valence-corrected chi connectivity index (χ0v) is 13.0.